The summed E-state index contributed by atoms with van der Waals surface area (Å²) in [5.74, 6) is -0.403. The molecule has 0 aromatic carbocycles. The maximum absolute atomic E-state index is 12.5. The van der Waals surface area contributed by atoms with Gasteiger partial charge in [0.25, 0.3) is 0 Å². The maximum Gasteiger partial charge on any atom is 1.00 e. The molecule has 0 aliphatic heterocycles. The first-order valence-corrected chi connectivity index (χ1v) is 22.4. The summed E-state index contributed by atoms with van der Waals surface area (Å²) in [7, 11) is 0. The SMILES string of the molecule is CCCCCCCCCCCCCCCC(=O)OC[C@H](COP(=O)([O-])SCC)OC(=O)CCCCCCCCCCCCCCC.[Na+]. The van der Waals surface area contributed by atoms with E-state index in [1.165, 1.54) is 128 Å². The predicted octanol–water partition coefficient (Wildman–Crippen LogP) is 8.65. The number of ether oxygens (including phenoxy) is 2. The molecule has 0 aliphatic rings. The topological polar surface area (TPSA) is 102 Å². The van der Waals surface area contributed by atoms with Gasteiger partial charge in [-0.3, -0.25) is 14.2 Å². The number of hydrogen-bond acceptors (Lipinski definition) is 8. The number of unbranched alkanes of at least 4 members (excludes halogenated alkanes) is 24. The van der Waals surface area contributed by atoms with Gasteiger partial charge in [0.05, 0.1) is 6.61 Å². The molecule has 10 heteroatoms. The molecule has 2 atom stereocenters. The van der Waals surface area contributed by atoms with Gasteiger partial charge < -0.3 is 18.9 Å². The number of esters is 2. The fraction of sp³-hybridized carbons (Fsp3) is 0.946. The van der Waals surface area contributed by atoms with Gasteiger partial charge in [-0.05, 0) is 18.6 Å². The van der Waals surface area contributed by atoms with E-state index in [2.05, 4.69) is 13.8 Å². The predicted molar refractivity (Wildman–Crippen MR) is 193 cm³/mol. The van der Waals surface area contributed by atoms with Gasteiger partial charge in [0.2, 0.25) is 0 Å². The third-order valence-electron chi connectivity index (χ3n) is 8.40. The third kappa shape index (κ3) is 37.5. The van der Waals surface area contributed by atoms with Crippen molar-refractivity contribution in [2.24, 2.45) is 0 Å². The Hall–Kier alpha value is 0.440. The van der Waals surface area contributed by atoms with Crippen molar-refractivity contribution < 1.29 is 62.6 Å². The molecule has 0 fully saturated rings. The minimum absolute atomic E-state index is 0. The molecular formula is C37H72NaO7PS. The van der Waals surface area contributed by atoms with Crippen LogP contribution in [0.25, 0.3) is 0 Å². The number of carbonyl (C=O) groups is 2. The van der Waals surface area contributed by atoms with E-state index in [1.54, 1.807) is 6.92 Å². The average molecular weight is 715 g/mol. The first-order chi connectivity index (χ1) is 22.3. The molecule has 0 amide bonds. The smallest absolute Gasteiger partial charge is 0.770 e. The van der Waals surface area contributed by atoms with Crippen molar-refractivity contribution in [3.63, 3.8) is 0 Å². The van der Waals surface area contributed by atoms with E-state index in [0.29, 0.717) is 23.6 Å². The van der Waals surface area contributed by atoms with Crippen molar-refractivity contribution in [3.8, 4) is 0 Å². The molecule has 47 heavy (non-hydrogen) atoms. The van der Waals surface area contributed by atoms with Crippen LogP contribution in [0.15, 0.2) is 0 Å². The van der Waals surface area contributed by atoms with E-state index >= 15 is 0 Å². The summed E-state index contributed by atoms with van der Waals surface area (Å²) < 4.78 is 28.0. The van der Waals surface area contributed by atoms with E-state index in [-0.39, 0.29) is 55.2 Å². The number of carbonyl (C=O) groups excluding carboxylic acids is 2. The van der Waals surface area contributed by atoms with Gasteiger partial charge >= 0.3 is 41.5 Å². The Morgan fingerprint density at radius 1 is 0.553 bits per heavy atom. The Bertz CT molecular complexity index is 743. The second-order valence-electron chi connectivity index (χ2n) is 12.9. The zero-order chi connectivity index (χ0) is 34.0. The van der Waals surface area contributed by atoms with Gasteiger partial charge in [0.1, 0.15) is 6.61 Å². The summed E-state index contributed by atoms with van der Waals surface area (Å²) in [5.41, 5.74) is 0. The number of hydrogen-bond donors (Lipinski definition) is 0. The van der Waals surface area contributed by atoms with Crippen molar-refractivity contribution >= 4 is 30.1 Å². The van der Waals surface area contributed by atoms with Crippen LogP contribution >= 0.6 is 18.2 Å². The maximum atomic E-state index is 12.5. The molecule has 0 heterocycles. The Balaban J connectivity index is 0. The van der Waals surface area contributed by atoms with Crippen molar-refractivity contribution in [1.82, 2.24) is 0 Å². The summed E-state index contributed by atoms with van der Waals surface area (Å²) in [6.45, 7) is 1.59. The molecule has 0 spiro atoms. The van der Waals surface area contributed by atoms with Crippen LogP contribution < -0.4 is 34.5 Å². The molecule has 0 saturated heterocycles. The van der Waals surface area contributed by atoms with E-state index < -0.39 is 18.9 Å². The van der Waals surface area contributed by atoms with Gasteiger partial charge in [0.15, 0.2) is 12.9 Å². The Kier molecular flexibility index (Phi) is 39.7. The number of rotatable bonds is 36. The van der Waals surface area contributed by atoms with Crippen molar-refractivity contribution in [3.05, 3.63) is 0 Å². The van der Waals surface area contributed by atoms with Gasteiger partial charge in [-0.2, -0.15) is 0 Å². The average Bonchev–Trinajstić information content (AvgIpc) is 3.03. The van der Waals surface area contributed by atoms with Crippen LogP contribution in [0.1, 0.15) is 201 Å². The fourth-order valence-corrected chi connectivity index (χ4v) is 7.66. The monoisotopic (exact) mass is 714 g/mol. The summed E-state index contributed by atoms with van der Waals surface area (Å²) >= 11 is 0.706. The summed E-state index contributed by atoms with van der Waals surface area (Å²) in [6.07, 6.45) is 31.6. The molecule has 0 rings (SSSR count). The van der Waals surface area contributed by atoms with Crippen molar-refractivity contribution in [2.45, 2.75) is 207 Å². The van der Waals surface area contributed by atoms with Crippen LogP contribution in [0, 0.1) is 0 Å². The molecule has 0 radical (unpaired) electrons. The molecular weight excluding hydrogens is 642 g/mol. The zero-order valence-corrected chi connectivity index (χ0v) is 34.9. The molecule has 0 saturated carbocycles. The van der Waals surface area contributed by atoms with Gasteiger partial charge in [-0.15, -0.1) is 0 Å². The van der Waals surface area contributed by atoms with Gasteiger partial charge in [-0.25, -0.2) is 0 Å². The summed E-state index contributed by atoms with van der Waals surface area (Å²) in [6, 6.07) is 0. The fourth-order valence-electron chi connectivity index (χ4n) is 5.56. The molecule has 7 nitrogen and oxygen atoms in total. The van der Waals surface area contributed by atoms with Crippen LogP contribution in [0.3, 0.4) is 0 Å². The minimum atomic E-state index is -4.10. The van der Waals surface area contributed by atoms with Gasteiger partial charge in [-0.1, -0.05) is 186 Å². The van der Waals surface area contributed by atoms with Crippen LogP contribution in [0.5, 0.6) is 0 Å². The zero-order valence-electron chi connectivity index (χ0n) is 31.2. The molecule has 0 N–H and O–H groups in total. The normalized spacial score (nSPS) is 13.1. The molecule has 1 unspecified atom stereocenters. The standard InChI is InChI=1S/C37H73O7PS.Na/c1-4-7-9-11-13-15-17-19-21-23-25-27-29-31-36(38)42-33-35(34-43-45(40,41)46-6-3)44-37(39)32-30-28-26-24-22-20-18-16-14-12-10-8-5-2;/h35H,4-34H2,1-3H3,(H,40,41);/q;+1/p-1/t35-;/m1./s1. The van der Waals surface area contributed by atoms with E-state index in [1.807, 2.05) is 0 Å². The third-order valence-corrected chi connectivity index (χ3v) is 11.5. The first-order valence-electron chi connectivity index (χ1n) is 19.3. The van der Waals surface area contributed by atoms with Crippen LogP contribution in [-0.2, 0) is 28.2 Å². The van der Waals surface area contributed by atoms with Crippen LogP contribution in [0.2, 0.25) is 0 Å². The van der Waals surface area contributed by atoms with E-state index in [4.69, 9.17) is 14.0 Å². The molecule has 0 aliphatic carbocycles. The van der Waals surface area contributed by atoms with E-state index in [9.17, 15) is 19.0 Å². The summed E-state index contributed by atoms with van der Waals surface area (Å²) in [4.78, 5) is 36.8. The largest absolute Gasteiger partial charge is 1.00 e. The van der Waals surface area contributed by atoms with Crippen molar-refractivity contribution in [1.29, 1.82) is 0 Å². The Labute approximate surface area is 316 Å². The van der Waals surface area contributed by atoms with Gasteiger partial charge in [0, 0.05) is 12.8 Å². The van der Waals surface area contributed by atoms with Crippen molar-refractivity contribution in [2.75, 3.05) is 19.0 Å². The van der Waals surface area contributed by atoms with Crippen LogP contribution in [0.4, 0.5) is 0 Å². The first kappa shape index (κ1) is 49.6. The molecule has 0 bridgehead atoms. The molecule has 0 aromatic rings. The summed E-state index contributed by atoms with van der Waals surface area (Å²) in [5, 5.41) is 0. The van der Waals surface area contributed by atoms with E-state index in [0.717, 1.165) is 38.5 Å². The quantitative estimate of drug-likeness (QED) is 0.0275. The second kappa shape index (κ2) is 37.7. The minimum Gasteiger partial charge on any atom is -0.770 e. The van der Waals surface area contributed by atoms with Crippen LogP contribution in [-0.4, -0.2) is 37.0 Å². The molecule has 274 valence electrons. The second-order valence-corrected chi connectivity index (χ2v) is 17.0. The Morgan fingerprint density at radius 3 is 1.26 bits per heavy atom. The molecule has 0 aromatic heterocycles. The Morgan fingerprint density at radius 2 is 0.894 bits per heavy atom.